The molecule has 3 rings (SSSR count). The Kier molecular flexibility index (Phi) is 4.78. The van der Waals surface area contributed by atoms with Crippen molar-refractivity contribution in [3.05, 3.63) is 34.6 Å². The first kappa shape index (κ1) is 17.2. The van der Waals surface area contributed by atoms with Gasteiger partial charge in [0.1, 0.15) is 5.00 Å². The van der Waals surface area contributed by atoms with E-state index in [9.17, 15) is 9.90 Å². The van der Waals surface area contributed by atoms with Crippen molar-refractivity contribution in [2.45, 2.75) is 19.7 Å². The lowest BCUT2D eigenvalue weighted by Gasteiger charge is -2.39. The molecule has 1 aliphatic heterocycles. The number of fused-ring (bicyclic) bond motifs is 1. The largest absolute Gasteiger partial charge is 0.396 e. The van der Waals surface area contributed by atoms with E-state index in [1.54, 1.807) is 24.3 Å². The van der Waals surface area contributed by atoms with Crippen LogP contribution in [0.25, 0.3) is 10.4 Å². The molecule has 3 heterocycles. The number of anilines is 1. The minimum Gasteiger partial charge on any atom is -0.396 e. The summed E-state index contributed by atoms with van der Waals surface area (Å²) in [7, 11) is 1.75. The molecule has 8 heteroatoms. The van der Waals surface area contributed by atoms with E-state index < -0.39 is 6.35 Å². The zero-order chi connectivity index (χ0) is 17.4. The summed E-state index contributed by atoms with van der Waals surface area (Å²) in [6.45, 7) is 2.15. The number of aromatic nitrogens is 1. The Bertz CT molecular complexity index is 780. The van der Waals surface area contributed by atoms with E-state index >= 15 is 0 Å². The fraction of sp³-hybridized carbons (Fsp3) is 0.375. The zero-order valence-electron chi connectivity index (χ0n) is 13.4. The van der Waals surface area contributed by atoms with Crippen molar-refractivity contribution in [2.75, 3.05) is 25.1 Å². The van der Waals surface area contributed by atoms with Crippen molar-refractivity contribution in [2.24, 2.45) is 0 Å². The Hall–Kier alpha value is -1.67. The van der Waals surface area contributed by atoms with Crippen LogP contribution in [0, 0.1) is 6.92 Å². The molecule has 2 aromatic heterocycles. The molecule has 24 heavy (non-hydrogen) atoms. The molecule has 0 fully saturated rings. The number of nitrogens with zero attached hydrogens (tertiary/aromatic N) is 3. The number of hydrogen-bond donors (Lipinski definition) is 2. The normalized spacial score (nSPS) is 17.4. The van der Waals surface area contributed by atoms with Gasteiger partial charge in [-0.05, 0) is 25.0 Å². The molecular formula is C16H18ClN3O3S. The quantitative estimate of drug-likeness (QED) is 0.867. The molecule has 0 bridgehead atoms. The van der Waals surface area contributed by atoms with Gasteiger partial charge in [0.25, 0.3) is 5.91 Å². The molecule has 0 saturated carbocycles. The van der Waals surface area contributed by atoms with Crippen LogP contribution in [0.3, 0.4) is 0 Å². The van der Waals surface area contributed by atoms with Crippen LogP contribution in [0.15, 0.2) is 18.5 Å². The van der Waals surface area contributed by atoms with Gasteiger partial charge in [-0.3, -0.25) is 14.7 Å². The third-order valence-corrected chi connectivity index (χ3v) is 5.71. The molecule has 128 valence electrons. The van der Waals surface area contributed by atoms with Crippen LogP contribution in [0.1, 0.15) is 22.3 Å². The summed E-state index contributed by atoms with van der Waals surface area (Å²) < 4.78 is 0. The Labute approximate surface area is 148 Å². The van der Waals surface area contributed by atoms with E-state index in [1.807, 2.05) is 13.0 Å². The second kappa shape index (κ2) is 6.68. The van der Waals surface area contributed by atoms with Crippen LogP contribution in [-0.2, 0) is 0 Å². The maximum absolute atomic E-state index is 12.8. The van der Waals surface area contributed by atoms with E-state index in [0.717, 1.165) is 21.0 Å². The molecule has 0 radical (unpaired) electrons. The van der Waals surface area contributed by atoms with Gasteiger partial charge in [0.05, 0.1) is 10.6 Å². The van der Waals surface area contributed by atoms with Gasteiger partial charge in [-0.2, -0.15) is 0 Å². The third-order valence-electron chi connectivity index (χ3n) is 4.07. The van der Waals surface area contributed by atoms with Gasteiger partial charge in [-0.1, -0.05) is 11.6 Å². The molecule has 1 aliphatic rings. The minimum absolute atomic E-state index is 0.0326. The first-order chi connectivity index (χ1) is 11.5. The SMILES string of the molecule is Cc1c(-c2cncc(Cl)c2)sc2c1C(=O)N(CCCO)C(O)N2C. The van der Waals surface area contributed by atoms with Crippen molar-refractivity contribution in [3.63, 3.8) is 0 Å². The predicted molar refractivity (Wildman–Crippen MR) is 94.4 cm³/mol. The molecule has 1 atom stereocenters. The molecule has 1 amide bonds. The van der Waals surface area contributed by atoms with E-state index in [1.165, 1.54) is 16.2 Å². The smallest absolute Gasteiger partial charge is 0.260 e. The van der Waals surface area contributed by atoms with Gasteiger partial charge in [0.15, 0.2) is 0 Å². The summed E-state index contributed by atoms with van der Waals surface area (Å²) in [5.41, 5.74) is 2.27. The lowest BCUT2D eigenvalue weighted by atomic mass is 10.1. The van der Waals surface area contributed by atoms with E-state index in [-0.39, 0.29) is 12.5 Å². The molecule has 0 aromatic carbocycles. The van der Waals surface area contributed by atoms with Crippen LogP contribution in [0.2, 0.25) is 5.02 Å². The second-order valence-electron chi connectivity index (χ2n) is 5.66. The molecule has 0 saturated heterocycles. The summed E-state index contributed by atoms with van der Waals surface area (Å²) in [5.74, 6) is -0.223. The zero-order valence-corrected chi connectivity index (χ0v) is 14.9. The number of halogens is 1. The van der Waals surface area contributed by atoms with Crippen molar-refractivity contribution in [1.82, 2.24) is 9.88 Å². The van der Waals surface area contributed by atoms with Crippen LogP contribution in [0.4, 0.5) is 5.00 Å². The predicted octanol–water partition coefficient (Wildman–Crippen LogP) is 2.32. The summed E-state index contributed by atoms with van der Waals surface area (Å²) in [5, 5.41) is 20.7. The highest BCUT2D eigenvalue weighted by Crippen LogP contribution is 2.45. The highest BCUT2D eigenvalue weighted by atomic mass is 35.5. The summed E-state index contributed by atoms with van der Waals surface area (Å²) in [4.78, 5) is 20.9. The lowest BCUT2D eigenvalue weighted by molar-refractivity contribution is 0.00277. The summed E-state index contributed by atoms with van der Waals surface area (Å²) in [6.07, 6.45) is 2.65. The average molecular weight is 368 g/mol. The number of aliphatic hydroxyl groups is 2. The number of amides is 1. The van der Waals surface area contributed by atoms with Gasteiger partial charge in [-0.15, -0.1) is 11.3 Å². The van der Waals surface area contributed by atoms with Crippen LogP contribution in [0.5, 0.6) is 0 Å². The van der Waals surface area contributed by atoms with Crippen molar-refractivity contribution in [1.29, 1.82) is 0 Å². The van der Waals surface area contributed by atoms with Crippen LogP contribution in [-0.4, -0.2) is 52.6 Å². The number of pyridine rings is 1. The molecule has 2 aromatic rings. The molecular weight excluding hydrogens is 350 g/mol. The summed E-state index contributed by atoms with van der Waals surface area (Å²) in [6, 6.07) is 1.81. The third kappa shape index (κ3) is 2.77. The Balaban J connectivity index is 2.08. The number of thiophene rings is 1. The molecule has 0 spiro atoms. The van der Waals surface area contributed by atoms with Gasteiger partial charge in [-0.25, -0.2) is 0 Å². The van der Waals surface area contributed by atoms with Gasteiger partial charge in [0.2, 0.25) is 6.35 Å². The monoisotopic (exact) mass is 367 g/mol. The van der Waals surface area contributed by atoms with Crippen molar-refractivity contribution >= 4 is 33.8 Å². The van der Waals surface area contributed by atoms with E-state index in [2.05, 4.69) is 4.98 Å². The standard InChI is InChI=1S/C16H18ClN3O3S/c1-9-12-14(22)20(4-3-5-21)16(23)19(2)15(12)24-13(9)10-6-11(17)8-18-7-10/h6-8,16,21,23H,3-5H2,1-2H3. The maximum Gasteiger partial charge on any atom is 0.260 e. The maximum atomic E-state index is 12.8. The summed E-state index contributed by atoms with van der Waals surface area (Å²) >= 11 is 7.46. The van der Waals surface area contributed by atoms with E-state index in [4.69, 9.17) is 16.7 Å². The fourth-order valence-corrected chi connectivity index (χ4v) is 4.26. The van der Waals surface area contributed by atoms with Gasteiger partial charge >= 0.3 is 0 Å². The molecule has 0 aliphatic carbocycles. The van der Waals surface area contributed by atoms with Gasteiger partial charge < -0.3 is 15.1 Å². The van der Waals surface area contributed by atoms with E-state index in [0.29, 0.717) is 23.6 Å². The van der Waals surface area contributed by atoms with Crippen molar-refractivity contribution in [3.8, 4) is 10.4 Å². The molecule has 1 unspecified atom stereocenters. The lowest BCUT2D eigenvalue weighted by Crippen LogP contribution is -2.53. The molecule has 2 N–H and O–H groups in total. The number of aliphatic hydroxyl groups excluding tert-OH is 2. The highest BCUT2D eigenvalue weighted by Gasteiger charge is 2.38. The Morgan fingerprint density at radius 3 is 2.83 bits per heavy atom. The number of rotatable bonds is 4. The fourth-order valence-electron chi connectivity index (χ4n) is 2.83. The topological polar surface area (TPSA) is 76.9 Å². The molecule has 6 nitrogen and oxygen atoms in total. The average Bonchev–Trinajstić information content (AvgIpc) is 2.90. The first-order valence-electron chi connectivity index (χ1n) is 7.52. The van der Waals surface area contributed by atoms with Crippen molar-refractivity contribution < 1.29 is 15.0 Å². The number of carbonyl (C=O) groups is 1. The second-order valence-corrected chi connectivity index (χ2v) is 7.10. The van der Waals surface area contributed by atoms with Gasteiger partial charge in [0, 0.05) is 43.0 Å². The van der Waals surface area contributed by atoms with Crippen LogP contribution >= 0.6 is 22.9 Å². The Morgan fingerprint density at radius 1 is 1.42 bits per heavy atom. The van der Waals surface area contributed by atoms with Crippen LogP contribution < -0.4 is 4.90 Å². The highest BCUT2D eigenvalue weighted by molar-refractivity contribution is 7.20. The first-order valence-corrected chi connectivity index (χ1v) is 8.72. The minimum atomic E-state index is -1.04. The number of hydrogen-bond acceptors (Lipinski definition) is 6. The Morgan fingerprint density at radius 2 is 2.17 bits per heavy atom. The number of carbonyl (C=O) groups excluding carboxylic acids is 1.